The maximum atomic E-state index is 9.44. The van der Waals surface area contributed by atoms with Crippen molar-refractivity contribution in [3.05, 3.63) is 29.3 Å². The third-order valence-electron chi connectivity index (χ3n) is 2.89. The maximum Gasteiger partial charge on any atom is 0.118 e. The van der Waals surface area contributed by atoms with Crippen LogP contribution in [0.15, 0.2) is 18.2 Å². The molecule has 1 unspecified atom stereocenters. The lowest BCUT2D eigenvalue weighted by Crippen LogP contribution is -2.05. The number of hydrogen-bond donors (Lipinski definition) is 1. The van der Waals surface area contributed by atoms with Crippen LogP contribution in [0.5, 0.6) is 5.75 Å². The van der Waals surface area contributed by atoms with Crippen LogP contribution in [-0.4, -0.2) is 5.11 Å². The van der Waals surface area contributed by atoms with Crippen LogP contribution in [0.25, 0.3) is 0 Å². The van der Waals surface area contributed by atoms with Crippen molar-refractivity contribution < 1.29 is 5.11 Å². The van der Waals surface area contributed by atoms with Crippen molar-refractivity contribution in [2.75, 3.05) is 0 Å². The van der Waals surface area contributed by atoms with Gasteiger partial charge in [0.15, 0.2) is 0 Å². The molecule has 0 aliphatic rings. The van der Waals surface area contributed by atoms with Gasteiger partial charge in [-0.3, -0.25) is 0 Å². The summed E-state index contributed by atoms with van der Waals surface area (Å²) in [6, 6.07) is 5.94. The Labute approximate surface area is 86.8 Å². The quantitative estimate of drug-likeness (QED) is 0.771. The summed E-state index contributed by atoms with van der Waals surface area (Å²) >= 11 is 0. The van der Waals surface area contributed by atoms with Crippen LogP contribution < -0.4 is 0 Å². The highest BCUT2D eigenvalue weighted by molar-refractivity contribution is 5.36. The van der Waals surface area contributed by atoms with E-state index in [2.05, 4.69) is 26.8 Å². The predicted molar refractivity (Wildman–Crippen MR) is 60.7 cm³/mol. The number of rotatable bonds is 3. The molecule has 78 valence electrons. The first-order valence-corrected chi connectivity index (χ1v) is 5.35. The molecular weight excluding hydrogens is 172 g/mol. The summed E-state index contributed by atoms with van der Waals surface area (Å²) in [7, 11) is 0. The standard InChI is InChI=1S/C13H20O/c1-5-12(9(2)3)11-6-7-13(14)10(4)8-11/h6-9,12,14H,5H2,1-4H3. The van der Waals surface area contributed by atoms with Crippen LogP contribution in [0, 0.1) is 12.8 Å². The van der Waals surface area contributed by atoms with E-state index in [1.165, 1.54) is 5.56 Å². The lowest BCUT2D eigenvalue weighted by molar-refractivity contribution is 0.465. The summed E-state index contributed by atoms with van der Waals surface area (Å²) in [6.07, 6.45) is 1.15. The lowest BCUT2D eigenvalue weighted by Gasteiger charge is -2.20. The molecule has 1 N–H and O–H groups in total. The summed E-state index contributed by atoms with van der Waals surface area (Å²) < 4.78 is 0. The van der Waals surface area contributed by atoms with E-state index in [1.54, 1.807) is 6.07 Å². The molecule has 0 radical (unpaired) electrons. The van der Waals surface area contributed by atoms with E-state index >= 15 is 0 Å². The average Bonchev–Trinajstić information content (AvgIpc) is 2.11. The molecule has 0 fully saturated rings. The lowest BCUT2D eigenvalue weighted by atomic mass is 9.86. The molecule has 1 atom stereocenters. The minimum absolute atomic E-state index is 0.396. The average molecular weight is 192 g/mol. The summed E-state index contributed by atoms with van der Waals surface area (Å²) in [5.74, 6) is 1.66. The molecule has 0 aliphatic heterocycles. The summed E-state index contributed by atoms with van der Waals surface area (Å²) in [5, 5.41) is 9.44. The van der Waals surface area contributed by atoms with Crippen molar-refractivity contribution >= 4 is 0 Å². The van der Waals surface area contributed by atoms with E-state index in [4.69, 9.17) is 0 Å². The van der Waals surface area contributed by atoms with Crippen LogP contribution >= 0.6 is 0 Å². The van der Waals surface area contributed by atoms with Crippen molar-refractivity contribution in [3.63, 3.8) is 0 Å². The van der Waals surface area contributed by atoms with Crippen LogP contribution in [0.3, 0.4) is 0 Å². The molecule has 0 saturated heterocycles. The fraction of sp³-hybridized carbons (Fsp3) is 0.538. The molecule has 1 aromatic carbocycles. The number of hydrogen-bond acceptors (Lipinski definition) is 1. The zero-order valence-corrected chi connectivity index (χ0v) is 9.54. The number of phenolic OH excluding ortho intramolecular Hbond substituents is 1. The van der Waals surface area contributed by atoms with E-state index in [0.717, 1.165) is 12.0 Å². The summed E-state index contributed by atoms with van der Waals surface area (Å²) in [4.78, 5) is 0. The number of benzene rings is 1. The second-order valence-electron chi connectivity index (χ2n) is 4.30. The first kappa shape index (κ1) is 11.1. The Morgan fingerprint density at radius 3 is 2.36 bits per heavy atom. The van der Waals surface area contributed by atoms with E-state index in [9.17, 15) is 5.11 Å². The normalized spacial score (nSPS) is 13.2. The molecule has 0 spiro atoms. The second-order valence-corrected chi connectivity index (χ2v) is 4.30. The topological polar surface area (TPSA) is 20.2 Å². The van der Waals surface area contributed by atoms with Gasteiger partial charge >= 0.3 is 0 Å². The maximum absolute atomic E-state index is 9.44. The molecule has 0 bridgehead atoms. The van der Waals surface area contributed by atoms with Gasteiger partial charge in [0.25, 0.3) is 0 Å². The van der Waals surface area contributed by atoms with Gasteiger partial charge in [-0.1, -0.05) is 32.9 Å². The molecule has 1 heteroatoms. The fourth-order valence-corrected chi connectivity index (χ4v) is 2.00. The van der Waals surface area contributed by atoms with Crippen molar-refractivity contribution in [1.82, 2.24) is 0 Å². The Hall–Kier alpha value is -0.980. The van der Waals surface area contributed by atoms with Crippen LogP contribution in [-0.2, 0) is 0 Å². The molecule has 1 rings (SSSR count). The van der Waals surface area contributed by atoms with Gasteiger partial charge in [0.2, 0.25) is 0 Å². The van der Waals surface area contributed by atoms with E-state index < -0.39 is 0 Å². The van der Waals surface area contributed by atoms with Crippen molar-refractivity contribution in [2.45, 2.75) is 40.0 Å². The highest BCUT2D eigenvalue weighted by atomic mass is 16.3. The molecule has 14 heavy (non-hydrogen) atoms. The third kappa shape index (κ3) is 2.28. The number of aromatic hydroxyl groups is 1. The third-order valence-corrected chi connectivity index (χ3v) is 2.89. The van der Waals surface area contributed by atoms with Gasteiger partial charge in [-0.05, 0) is 42.4 Å². The molecule has 1 nitrogen and oxygen atoms in total. The first-order valence-electron chi connectivity index (χ1n) is 5.35. The van der Waals surface area contributed by atoms with Crippen molar-refractivity contribution in [2.24, 2.45) is 5.92 Å². The zero-order valence-electron chi connectivity index (χ0n) is 9.54. The van der Waals surface area contributed by atoms with Gasteiger partial charge in [0.1, 0.15) is 5.75 Å². The van der Waals surface area contributed by atoms with Crippen LogP contribution in [0.1, 0.15) is 44.2 Å². The van der Waals surface area contributed by atoms with E-state index in [1.807, 2.05) is 13.0 Å². The van der Waals surface area contributed by atoms with Crippen molar-refractivity contribution in [3.8, 4) is 5.75 Å². The smallest absolute Gasteiger partial charge is 0.118 e. The summed E-state index contributed by atoms with van der Waals surface area (Å²) in [6.45, 7) is 8.66. The van der Waals surface area contributed by atoms with Gasteiger partial charge in [0.05, 0.1) is 0 Å². The fourth-order valence-electron chi connectivity index (χ4n) is 2.00. The molecule has 0 aliphatic carbocycles. The Bertz CT molecular complexity index is 302. The largest absolute Gasteiger partial charge is 0.508 e. The van der Waals surface area contributed by atoms with E-state index in [-0.39, 0.29) is 0 Å². The van der Waals surface area contributed by atoms with Crippen LogP contribution in [0.4, 0.5) is 0 Å². The minimum Gasteiger partial charge on any atom is -0.508 e. The summed E-state index contributed by atoms with van der Waals surface area (Å²) in [5.41, 5.74) is 2.32. The van der Waals surface area contributed by atoms with Gasteiger partial charge in [-0.25, -0.2) is 0 Å². The van der Waals surface area contributed by atoms with Gasteiger partial charge < -0.3 is 5.11 Å². The predicted octanol–water partition coefficient (Wildman–Crippen LogP) is 3.85. The van der Waals surface area contributed by atoms with Gasteiger partial charge in [-0.15, -0.1) is 0 Å². The zero-order chi connectivity index (χ0) is 10.7. The molecular formula is C13H20O. The molecule has 0 saturated carbocycles. The molecule has 0 aromatic heterocycles. The Balaban J connectivity index is 3.00. The SMILES string of the molecule is CCC(c1ccc(O)c(C)c1)C(C)C. The first-order chi connectivity index (χ1) is 6.56. The molecule has 1 aromatic rings. The van der Waals surface area contributed by atoms with Gasteiger partial charge in [0, 0.05) is 0 Å². The highest BCUT2D eigenvalue weighted by Gasteiger charge is 2.13. The van der Waals surface area contributed by atoms with Crippen LogP contribution in [0.2, 0.25) is 0 Å². The minimum atomic E-state index is 0.396. The van der Waals surface area contributed by atoms with Gasteiger partial charge in [-0.2, -0.15) is 0 Å². The Morgan fingerprint density at radius 1 is 1.29 bits per heavy atom. The Morgan fingerprint density at radius 2 is 1.93 bits per heavy atom. The molecule has 0 amide bonds. The second kappa shape index (κ2) is 4.50. The molecule has 0 heterocycles. The van der Waals surface area contributed by atoms with E-state index in [0.29, 0.717) is 17.6 Å². The highest BCUT2D eigenvalue weighted by Crippen LogP contribution is 2.30. The monoisotopic (exact) mass is 192 g/mol. The Kier molecular flexibility index (Phi) is 3.56. The number of phenols is 1. The van der Waals surface area contributed by atoms with Crippen molar-refractivity contribution in [1.29, 1.82) is 0 Å². The number of aryl methyl sites for hydroxylation is 1.